The van der Waals surface area contributed by atoms with Crippen molar-refractivity contribution in [1.82, 2.24) is 34.8 Å². The fourth-order valence-corrected chi connectivity index (χ4v) is 3.24. The van der Waals surface area contributed by atoms with Crippen LogP contribution in [0.1, 0.15) is 11.4 Å². The van der Waals surface area contributed by atoms with Crippen LogP contribution in [-0.4, -0.2) is 34.8 Å². The van der Waals surface area contributed by atoms with Gasteiger partial charge in [-0.15, -0.1) is 0 Å². The van der Waals surface area contributed by atoms with E-state index in [9.17, 15) is 0 Å². The van der Waals surface area contributed by atoms with Gasteiger partial charge in [-0.1, -0.05) is 11.6 Å². The van der Waals surface area contributed by atoms with Gasteiger partial charge < -0.3 is 0 Å². The molecule has 0 aromatic carbocycles. The van der Waals surface area contributed by atoms with Gasteiger partial charge in [0.15, 0.2) is 11.3 Å². The van der Waals surface area contributed by atoms with Crippen molar-refractivity contribution in [3.8, 4) is 22.6 Å². The third-order valence-corrected chi connectivity index (χ3v) is 4.85. The van der Waals surface area contributed by atoms with Crippen molar-refractivity contribution in [3.63, 3.8) is 0 Å². The lowest BCUT2D eigenvalue weighted by Gasteiger charge is -2.07. The monoisotopic (exact) mass is 375 g/mol. The van der Waals surface area contributed by atoms with Crippen LogP contribution >= 0.6 is 11.6 Å². The van der Waals surface area contributed by atoms with E-state index in [-0.39, 0.29) is 0 Å². The van der Waals surface area contributed by atoms with E-state index in [1.807, 2.05) is 44.2 Å². The molecule has 0 saturated carbocycles. The molecule has 0 fully saturated rings. The number of aromatic amines is 1. The highest BCUT2D eigenvalue weighted by Crippen LogP contribution is 2.29. The molecule has 0 radical (unpaired) electrons. The Labute approximate surface area is 159 Å². The van der Waals surface area contributed by atoms with Crippen LogP contribution in [0.25, 0.3) is 39.3 Å². The minimum absolute atomic E-state index is 0.597. The predicted molar refractivity (Wildman–Crippen MR) is 104 cm³/mol. The predicted octanol–water partition coefficient (Wildman–Crippen LogP) is 4.00. The van der Waals surface area contributed by atoms with E-state index in [1.165, 1.54) is 0 Å². The van der Waals surface area contributed by atoms with Gasteiger partial charge in [0.05, 0.1) is 28.3 Å². The number of hydrogen-bond acceptors (Lipinski definition) is 5. The lowest BCUT2D eigenvalue weighted by atomic mass is 10.1. The number of fused-ring (bicyclic) bond motifs is 2. The summed E-state index contributed by atoms with van der Waals surface area (Å²) in [7, 11) is 0. The highest BCUT2D eigenvalue weighted by Gasteiger charge is 2.14. The van der Waals surface area contributed by atoms with E-state index in [4.69, 9.17) is 11.6 Å². The molecule has 8 heteroatoms. The third kappa shape index (κ3) is 2.55. The number of H-pyrrole nitrogens is 1. The van der Waals surface area contributed by atoms with Crippen LogP contribution in [0.5, 0.6) is 0 Å². The van der Waals surface area contributed by atoms with Gasteiger partial charge in [-0.3, -0.25) is 5.10 Å². The normalized spacial score (nSPS) is 11.5. The number of aryl methyl sites for hydroxylation is 2. The Balaban J connectivity index is 1.71. The van der Waals surface area contributed by atoms with E-state index in [1.54, 1.807) is 16.9 Å². The summed E-state index contributed by atoms with van der Waals surface area (Å²) in [5.74, 6) is 0. The first-order valence-corrected chi connectivity index (χ1v) is 8.77. The van der Waals surface area contributed by atoms with Gasteiger partial charge in [-0.25, -0.2) is 19.5 Å². The molecule has 7 nitrogen and oxygen atoms in total. The molecule has 1 N–H and O–H groups in total. The number of nitrogens with zero attached hydrogens (tertiary/aromatic N) is 6. The minimum Gasteiger partial charge on any atom is -0.282 e. The average Bonchev–Trinajstić information content (AvgIpc) is 3.27. The summed E-state index contributed by atoms with van der Waals surface area (Å²) in [5, 5.41) is 13.3. The van der Waals surface area contributed by atoms with Crippen LogP contribution in [0.3, 0.4) is 0 Å². The lowest BCUT2D eigenvalue weighted by Crippen LogP contribution is -1.98. The van der Waals surface area contributed by atoms with Crippen LogP contribution < -0.4 is 0 Å². The van der Waals surface area contributed by atoms with Gasteiger partial charge in [0, 0.05) is 28.9 Å². The maximum absolute atomic E-state index is 6.17. The molecular weight excluding hydrogens is 362 g/mol. The Hall–Kier alpha value is -3.32. The number of aromatic nitrogens is 7. The third-order valence-electron chi connectivity index (χ3n) is 4.46. The van der Waals surface area contributed by atoms with E-state index >= 15 is 0 Å². The van der Waals surface area contributed by atoms with Crippen molar-refractivity contribution in [2.24, 2.45) is 0 Å². The number of hydrogen-bond donors (Lipinski definition) is 1. The molecule has 0 aliphatic carbocycles. The molecule has 0 spiro atoms. The van der Waals surface area contributed by atoms with Gasteiger partial charge in [0.2, 0.25) is 0 Å². The zero-order valence-electron chi connectivity index (χ0n) is 14.6. The first-order chi connectivity index (χ1) is 13.1. The molecule has 5 heterocycles. The molecule has 0 atom stereocenters. The number of nitrogens with one attached hydrogen (secondary N) is 1. The van der Waals surface area contributed by atoms with E-state index in [2.05, 4.69) is 30.2 Å². The molecule has 5 rings (SSSR count). The van der Waals surface area contributed by atoms with Crippen molar-refractivity contribution >= 4 is 28.3 Å². The molecule has 5 aromatic heterocycles. The van der Waals surface area contributed by atoms with Gasteiger partial charge in [0.1, 0.15) is 5.69 Å². The molecule has 27 heavy (non-hydrogen) atoms. The molecule has 132 valence electrons. The summed E-state index contributed by atoms with van der Waals surface area (Å²) < 4.78 is 1.79. The summed E-state index contributed by atoms with van der Waals surface area (Å²) in [6.07, 6.45) is 3.53. The SMILES string of the molecule is Cc1cc(-c2ccc3c(-c4cnc5cc(Cl)c(C)nn45)ccnc3n2)n[nH]1. The topological polar surface area (TPSA) is 84.7 Å². The largest absolute Gasteiger partial charge is 0.282 e. The Morgan fingerprint density at radius 2 is 1.93 bits per heavy atom. The second kappa shape index (κ2) is 5.85. The first-order valence-electron chi connectivity index (χ1n) is 8.39. The smallest absolute Gasteiger partial charge is 0.160 e. The quantitative estimate of drug-likeness (QED) is 0.504. The molecule has 0 aliphatic rings. The lowest BCUT2D eigenvalue weighted by molar-refractivity contribution is 0.908. The van der Waals surface area contributed by atoms with Gasteiger partial charge in [0.25, 0.3) is 0 Å². The molecule has 5 aromatic rings. The Kier molecular flexibility index (Phi) is 3.45. The zero-order chi connectivity index (χ0) is 18.5. The summed E-state index contributed by atoms with van der Waals surface area (Å²) in [5.41, 5.74) is 6.46. The summed E-state index contributed by atoms with van der Waals surface area (Å²) in [6, 6.07) is 9.66. The maximum Gasteiger partial charge on any atom is 0.160 e. The summed E-state index contributed by atoms with van der Waals surface area (Å²) >= 11 is 6.17. The molecule has 0 saturated heterocycles. The van der Waals surface area contributed by atoms with Crippen LogP contribution in [0.4, 0.5) is 0 Å². The zero-order valence-corrected chi connectivity index (χ0v) is 15.4. The fourth-order valence-electron chi connectivity index (χ4n) is 3.11. The van der Waals surface area contributed by atoms with Crippen LogP contribution in [0.15, 0.2) is 42.7 Å². The van der Waals surface area contributed by atoms with Crippen molar-refractivity contribution in [1.29, 1.82) is 0 Å². The van der Waals surface area contributed by atoms with Crippen LogP contribution in [0.2, 0.25) is 5.02 Å². The average molecular weight is 376 g/mol. The van der Waals surface area contributed by atoms with Gasteiger partial charge >= 0.3 is 0 Å². The number of pyridine rings is 2. The molecule has 0 aliphatic heterocycles. The van der Waals surface area contributed by atoms with Crippen molar-refractivity contribution in [2.75, 3.05) is 0 Å². The fraction of sp³-hybridized carbons (Fsp3) is 0.105. The standard InChI is InChI=1S/C19H14ClN7/c1-10-7-16(25-24-10)15-4-3-13-12(5-6-21-19(13)23-15)17-9-22-18-8-14(20)11(2)26-27(17)18/h3-9H,1-2H3,(H,24,25). The van der Waals surface area contributed by atoms with Gasteiger partial charge in [-0.2, -0.15) is 10.2 Å². The number of halogens is 1. The van der Waals surface area contributed by atoms with Crippen LogP contribution in [-0.2, 0) is 0 Å². The van der Waals surface area contributed by atoms with E-state index < -0.39 is 0 Å². The van der Waals surface area contributed by atoms with Crippen molar-refractivity contribution < 1.29 is 0 Å². The summed E-state index contributed by atoms with van der Waals surface area (Å²) in [6.45, 7) is 3.83. The maximum atomic E-state index is 6.17. The molecule has 0 bridgehead atoms. The highest BCUT2D eigenvalue weighted by molar-refractivity contribution is 6.31. The number of imidazole rings is 1. The summed E-state index contributed by atoms with van der Waals surface area (Å²) in [4.78, 5) is 13.5. The molecular formula is C19H14ClN7. The Morgan fingerprint density at radius 3 is 2.74 bits per heavy atom. The van der Waals surface area contributed by atoms with Crippen LogP contribution in [0, 0.1) is 13.8 Å². The Morgan fingerprint density at radius 1 is 1.04 bits per heavy atom. The second-order valence-corrected chi connectivity index (χ2v) is 6.76. The van der Waals surface area contributed by atoms with E-state index in [0.29, 0.717) is 16.3 Å². The molecule has 0 amide bonds. The Bertz CT molecular complexity index is 1320. The number of rotatable bonds is 2. The molecule has 0 unspecified atom stereocenters. The first kappa shape index (κ1) is 15.9. The minimum atomic E-state index is 0.597. The van der Waals surface area contributed by atoms with E-state index in [0.717, 1.165) is 39.4 Å². The second-order valence-electron chi connectivity index (χ2n) is 6.35. The van der Waals surface area contributed by atoms with Crippen molar-refractivity contribution in [3.05, 3.63) is 59.1 Å². The van der Waals surface area contributed by atoms with Crippen molar-refractivity contribution in [2.45, 2.75) is 13.8 Å². The highest BCUT2D eigenvalue weighted by atomic mass is 35.5. The van der Waals surface area contributed by atoms with Gasteiger partial charge in [-0.05, 0) is 38.1 Å².